The lowest BCUT2D eigenvalue weighted by Crippen LogP contribution is -2.68. The van der Waals surface area contributed by atoms with Crippen molar-refractivity contribution < 1.29 is 19.2 Å². The Kier molecular flexibility index (Phi) is 5.71. The molecular formula is C15H16ClN3O5S. The van der Waals surface area contributed by atoms with E-state index in [0.29, 0.717) is 11.3 Å². The lowest BCUT2D eigenvalue weighted by atomic mass is 10.0. The number of carbonyl (C=O) groups excluding carboxylic acids is 2. The highest BCUT2D eigenvalue weighted by Gasteiger charge is 2.51. The molecule has 2 aliphatic rings. The molecule has 1 saturated heterocycles. The number of thioether (sulfide) groups is 1. The third-order valence-corrected chi connectivity index (χ3v) is 5.36. The maximum absolute atomic E-state index is 12.4. The molecule has 1 aromatic carbocycles. The number of hydrogen-bond acceptors (Lipinski definition) is 7. The van der Waals surface area contributed by atoms with E-state index in [1.807, 2.05) is 0 Å². The summed E-state index contributed by atoms with van der Waals surface area (Å²) in [7, 11) is 0. The predicted octanol–water partition coefficient (Wildman–Crippen LogP) is 1.58. The summed E-state index contributed by atoms with van der Waals surface area (Å²) in [6.07, 6.45) is 0. The number of nitrogens with two attached hydrogens (primary N) is 1. The van der Waals surface area contributed by atoms with Crippen molar-refractivity contribution in [1.29, 1.82) is 0 Å². The predicted molar refractivity (Wildman–Crippen MR) is 93.9 cm³/mol. The molecular weight excluding hydrogens is 370 g/mol. The van der Waals surface area contributed by atoms with E-state index in [4.69, 9.17) is 10.5 Å². The van der Waals surface area contributed by atoms with Crippen LogP contribution in [0.1, 0.15) is 12.5 Å². The van der Waals surface area contributed by atoms with Crippen molar-refractivity contribution >= 4 is 41.7 Å². The van der Waals surface area contributed by atoms with E-state index in [-0.39, 0.29) is 41.7 Å². The van der Waals surface area contributed by atoms with Crippen LogP contribution >= 0.6 is 24.2 Å². The molecule has 1 amide bonds. The van der Waals surface area contributed by atoms with Crippen molar-refractivity contribution in [3.8, 4) is 0 Å². The minimum Gasteiger partial charge on any atom is -0.456 e. The van der Waals surface area contributed by atoms with Gasteiger partial charge in [0.15, 0.2) is 0 Å². The van der Waals surface area contributed by atoms with Crippen LogP contribution < -0.4 is 5.73 Å². The number of nitro benzene ring substituents is 1. The number of esters is 1. The van der Waals surface area contributed by atoms with Crippen molar-refractivity contribution in [2.75, 3.05) is 5.75 Å². The molecule has 0 bridgehead atoms. The van der Waals surface area contributed by atoms with Gasteiger partial charge < -0.3 is 10.5 Å². The van der Waals surface area contributed by atoms with Crippen LogP contribution in [0.15, 0.2) is 35.5 Å². The Balaban J connectivity index is 0.00000225. The van der Waals surface area contributed by atoms with Gasteiger partial charge in [-0.15, -0.1) is 24.2 Å². The van der Waals surface area contributed by atoms with Gasteiger partial charge in [-0.2, -0.15) is 0 Å². The summed E-state index contributed by atoms with van der Waals surface area (Å²) >= 11 is 1.52. The summed E-state index contributed by atoms with van der Waals surface area (Å²) in [5.41, 5.74) is 7.37. The SMILES string of the molecule is CC1=C(C(=O)OCc2ccc([N+](=O)[O-])cc2)N2C(=O)[C@H](N)[C@@H]2SC1.Cl. The quantitative estimate of drug-likeness (QED) is 0.362. The second-order valence-corrected chi connectivity index (χ2v) is 6.67. The van der Waals surface area contributed by atoms with Gasteiger partial charge in [0.2, 0.25) is 5.91 Å². The monoisotopic (exact) mass is 385 g/mol. The van der Waals surface area contributed by atoms with Crippen LogP contribution in [0.4, 0.5) is 5.69 Å². The van der Waals surface area contributed by atoms with E-state index in [1.165, 1.54) is 40.9 Å². The largest absolute Gasteiger partial charge is 0.456 e. The minimum absolute atomic E-state index is 0. The van der Waals surface area contributed by atoms with Crippen LogP contribution in [-0.4, -0.2) is 38.9 Å². The van der Waals surface area contributed by atoms with Crippen LogP contribution in [0.2, 0.25) is 0 Å². The molecule has 0 saturated carbocycles. The number of benzene rings is 1. The fourth-order valence-electron chi connectivity index (χ4n) is 2.59. The van der Waals surface area contributed by atoms with E-state index < -0.39 is 16.9 Å². The van der Waals surface area contributed by atoms with Gasteiger partial charge in [0.05, 0.1) is 4.92 Å². The maximum Gasteiger partial charge on any atom is 0.355 e. The first-order valence-electron chi connectivity index (χ1n) is 7.20. The molecule has 25 heavy (non-hydrogen) atoms. The Hall–Kier alpha value is -2.10. The Labute approximate surface area is 153 Å². The van der Waals surface area contributed by atoms with Crippen LogP contribution in [0.5, 0.6) is 0 Å². The fourth-order valence-corrected chi connectivity index (χ4v) is 3.83. The summed E-state index contributed by atoms with van der Waals surface area (Å²) < 4.78 is 5.26. The number of β-lactam (4-membered cyclic amide) rings is 1. The van der Waals surface area contributed by atoms with Gasteiger partial charge in [0.1, 0.15) is 23.7 Å². The van der Waals surface area contributed by atoms with Crippen molar-refractivity contribution in [2.45, 2.75) is 24.9 Å². The van der Waals surface area contributed by atoms with Gasteiger partial charge in [-0.05, 0) is 30.2 Å². The van der Waals surface area contributed by atoms with Gasteiger partial charge in [-0.25, -0.2) is 4.79 Å². The Morgan fingerprint density at radius 2 is 2.08 bits per heavy atom. The lowest BCUT2D eigenvalue weighted by Gasteiger charge is -2.48. The van der Waals surface area contributed by atoms with E-state index in [1.54, 1.807) is 6.92 Å². The van der Waals surface area contributed by atoms with Crippen molar-refractivity contribution in [1.82, 2.24) is 4.90 Å². The third kappa shape index (κ3) is 3.48. The molecule has 2 N–H and O–H groups in total. The summed E-state index contributed by atoms with van der Waals surface area (Å²) in [4.78, 5) is 35.8. The molecule has 0 radical (unpaired) electrons. The van der Waals surface area contributed by atoms with E-state index in [9.17, 15) is 19.7 Å². The first kappa shape index (κ1) is 19.2. The molecule has 10 heteroatoms. The van der Waals surface area contributed by atoms with E-state index >= 15 is 0 Å². The number of non-ortho nitro benzene ring substituents is 1. The molecule has 3 rings (SSSR count). The molecule has 2 atom stereocenters. The van der Waals surface area contributed by atoms with Gasteiger partial charge in [-0.3, -0.25) is 19.8 Å². The van der Waals surface area contributed by atoms with Crippen molar-refractivity contribution in [3.63, 3.8) is 0 Å². The average Bonchev–Trinajstić information content (AvgIpc) is 2.59. The zero-order chi connectivity index (χ0) is 17.4. The highest BCUT2D eigenvalue weighted by molar-refractivity contribution is 8.00. The van der Waals surface area contributed by atoms with Crippen molar-refractivity contribution in [3.05, 3.63) is 51.2 Å². The molecule has 2 heterocycles. The van der Waals surface area contributed by atoms with Crippen molar-refractivity contribution in [2.24, 2.45) is 5.73 Å². The second kappa shape index (κ2) is 7.42. The van der Waals surface area contributed by atoms with E-state index in [0.717, 1.165) is 5.57 Å². The van der Waals surface area contributed by atoms with Gasteiger partial charge in [0, 0.05) is 17.9 Å². The number of nitrogens with zero attached hydrogens (tertiary/aromatic N) is 2. The first-order valence-corrected chi connectivity index (χ1v) is 8.25. The number of fused-ring (bicyclic) bond motifs is 1. The van der Waals surface area contributed by atoms with Crippen LogP contribution in [0, 0.1) is 10.1 Å². The zero-order valence-corrected chi connectivity index (χ0v) is 14.8. The Morgan fingerprint density at radius 3 is 2.68 bits per heavy atom. The summed E-state index contributed by atoms with van der Waals surface area (Å²) in [5.74, 6) is -0.255. The topological polar surface area (TPSA) is 116 Å². The number of carbonyl (C=O) groups is 2. The van der Waals surface area contributed by atoms with Gasteiger partial charge in [-0.1, -0.05) is 0 Å². The Bertz CT molecular complexity index is 752. The first-order chi connectivity index (χ1) is 11.4. The third-order valence-electron chi connectivity index (χ3n) is 3.91. The van der Waals surface area contributed by atoms with E-state index in [2.05, 4.69) is 0 Å². The van der Waals surface area contributed by atoms with Crippen LogP contribution in [-0.2, 0) is 20.9 Å². The number of rotatable bonds is 4. The molecule has 0 aromatic heterocycles. The number of amides is 1. The van der Waals surface area contributed by atoms with Crippen LogP contribution in [0.3, 0.4) is 0 Å². The summed E-state index contributed by atoms with van der Waals surface area (Å²) in [6, 6.07) is 5.16. The fraction of sp³-hybridized carbons (Fsp3) is 0.333. The number of nitro groups is 1. The Morgan fingerprint density at radius 1 is 1.44 bits per heavy atom. The molecule has 8 nitrogen and oxygen atoms in total. The highest BCUT2D eigenvalue weighted by Crippen LogP contribution is 2.39. The summed E-state index contributed by atoms with van der Waals surface area (Å²) in [6.45, 7) is 1.75. The molecule has 1 fully saturated rings. The second-order valence-electron chi connectivity index (χ2n) is 5.56. The highest BCUT2D eigenvalue weighted by atomic mass is 35.5. The maximum atomic E-state index is 12.4. The van der Waals surface area contributed by atoms with Gasteiger partial charge in [0.25, 0.3) is 5.69 Å². The molecule has 0 unspecified atom stereocenters. The average molecular weight is 386 g/mol. The van der Waals surface area contributed by atoms with Crippen LogP contribution in [0.25, 0.3) is 0 Å². The number of hydrogen-bond donors (Lipinski definition) is 1. The number of halogens is 1. The zero-order valence-electron chi connectivity index (χ0n) is 13.2. The van der Waals surface area contributed by atoms with Gasteiger partial charge >= 0.3 is 5.97 Å². The normalized spacial score (nSPS) is 21.8. The lowest BCUT2D eigenvalue weighted by molar-refractivity contribution is -0.384. The summed E-state index contributed by atoms with van der Waals surface area (Å²) in [5, 5.41) is 10.4. The standard InChI is InChI=1S/C15H15N3O5S.ClH/c1-8-7-24-14-11(16)13(19)17(14)12(8)15(20)23-6-9-2-4-10(5-3-9)18(21)22;/h2-5,11,14H,6-7,16H2,1H3;1H/t11-,14-;/m0./s1. The minimum atomic E-state index is -0.587. The molecule has 134 valence electrons. The molecule has 0 aliphatic carbocycles. The number of ether oxygens (including phenoxy) is 1. The molecule has 2 aliphatic heterocycles. The smallest absolute Gasteiger partial charge is 0.355 e. The molecule has 1 aromatic rings. The molecule has 0 spiro atoms.